The first-order chi connectivity index (χ1) is 25.9. The first-order valence-corrected chi connectivity index (χ1v) is 18.8. The zero-order valence-corrected chi connectivity index (χ0v) is 31.8. The van der Waals surface area contributed by atoms with Gasteiger partial charge in [-0.25, -0.2) is 9.59 Å². The van der Waals surface area contributed by atoms with Gasteiger partial charge in [-0.3, -0.25) is 38.2 Å². The number of ether oxygens (including phenoxy) is 2. The third-order valence-corrected chi connectivity index (χ3v) is 8.33. The molecule has 7 N–H and O–H groups in total. The van der Waals surface area contributed by atoms with E-state index in [4.69, 9.17) is 19.8 Å². The Morgan fingerprint density at radius 1 is 0.982 bits per heavy atom. The zero-order chi connectivity index (χ0) is 41.1. The summed E-state index contributed by atoms with van der Waals surface area (Å²) in [5.41, 5.74) is 6.05. The lowest BCUT2D eigenvalue weighted by atomic mass is 10.0. The van der Waals surface area contributed by atoms with Crippen molar-refractivity contribution in [1.82, 2.24) is 25.8 Å². The number of amides is 8. The number of hydrogen-bond donors (Lipinski definition) is 7. The molecule has 0 saturated heterocycles. The minimum Gasteiger partial charge on any atom is -0.453 e. The molecule has 2 atom stereocenters. The molecule has 1 aliphatic heterocycles. The molecule has 55 heavy (non-hydrogen) atoms. The zero-order valence-electron chi connectivity index (χ0n) is 30.1. The molecule has 302 valence electrons. The maximum Gasteiger partial charge on any atom is 0.364 e. The second kappa shape index (κ2) is 22.8. The Morgan fingerprint density at radius 3 is 2.22 bits per heavy atom. The van der Waals surface area contributed by atoms with E-state index in [2.05, 4.69) is 33.9 Å². The Labute approximate surface area is 322 Å². The highest BCUT2D eigenvalue weighted by Gasteiger charge is 2.30. The molecule has 22 heteroatoms. The Balaban J connectivity index is 2.13. The fourth-order valence-electron chi connectivity index (χ4n) is 4.65. The van der Waals surface area contributed by atoms with Gasteiger partial charge in [-0.15, -0.1) is 0 Å². The largest absolute Gasteiger partial charge is 0.453 e. The maximum absolute atomic E-state index is 13.5. The predicted octanol–water partition coefficient (Wildman–Crippen LogP) is -0.520. The van der Waals surface area contributed by atoms with Gasteiger partial charge >= 0.3 is 11.3 Å². The van der Waals surface area contributed by atoms with Gasteiger partial charge in [0.2, 0.25) is 17.7 Å². The molecular weight excluding hydrogens is 767 g/mol. The number of anilines is 1. The highest BCUT2D eigenvalue weighted by atomic mass is 32.2. The number of nitrogens with two attached hydrogens (primary N) is 1. The van der Waals surface area contributed by atoms with Gasteiger partial charge in [-0.05, 0) is 30.0 Å². The van der Waals surface area contributed by atoms with E-state index in [-0.39, 0.29) is 52.3 Å². The molecule has 1 heterocycles. The van der Waals surface area contributed by atoms with Crippen LogP contribution in [-0.2, 0) is 55.0 Å². The number of urea groups is 1. The Kier molecular flexibility index (Phi) is 19.0. The number of imide groups is 1. The summed E-state index contributed by atoms with van der Waals surface area (Å²) in [4.78, 5) is 101. The molecule has 1 aliphatic rings. The molecule has 2 rings (SSSR count). The van der Waals surface area contributed by atoms with E-state index in [1.807, 2.05) is 0 Å². The summed E-state index contributed by atoms with van der Waals surface area (Å²) in [6, 6.07) is 3.13. The van der Waals surface area contributed by atoms with Gasteiger partial charge in [-0.1, -0.05) is 50.8 Å². The van der Waals surface area contributed by atoms with E-state index in [0.717, 1.165) is 17.1 Å². The lowest BCUT2D eigenvalue weighted by molar-refractivity contribution is -0.145. The molecule has 0 bridgehead atoms. The van der Waals surface area contributed by atoms with Crippen molar-refractivity contribution in [2.45, 2.75) is 45.4 Å². The van der Waals surface area contributed by atoms with Gasteiger partial charge in [0.1, 0.15) is 25.2 Å². The van der Waals surface area contributed by atoms with Crippen molar-refractivity contribution in [2.75, 3.05) is 50.5 Å². The van der Waals surface area contributed by atoms with Gasteiger partial charge in [-0.2, -0.15) is 8.42 Å². The summed E-state index contributed by atoms with van der Waals surface area (Å²) in [5, 5.41) is 9.51. The van der Waals surface area contributed by atoms with Crippen LogP contribution in [-0.4, -0.2) is 127 Å². The van der Waals surface area contributed by atoms with Crippen LogP contribution in [0.15, 0.2) is 48.6 Å². The third-order valence-electron chi connectivity index (χ3n) is 7.51. The average Bonchev–Trinajstić information content (AvgIpc) is 3.41. The first-order valence-electron chi connectivity index (χ1n) is 16.8. The topological polar surface area (TPSA) is 290 Å². The van der Waals surface area contributed by atoms with E-state index < -0.39 is 87.2 Å². The second-order valence-electron chi connectivity index (χ2n) is 12.1. The molecule has 1 unspecified atom stereocenters. The van der Waals surface area contributed by atoms with E-state index in [9.17, 15) is 46.8 Å². The second-order valence-corrected chi connectivity index (χ2v) is 14.1. The average molecular weight is 812 g/mol. The number of nitrogens with zero attached hydrogens (tertiary/aromatic N) is 2. The summed E-state index contributed by atoms with van der Waals surface area (Å²) in [7, 11) is -4.30. The Bertz CT molecular complexity index is 1720. The Hall–Kier alpha value is -5.32. The van der Waals surface area contributed by atoms with Crippen molar-refractivity contribution in [3.8, 4) is 0 Å². The molecule has 0 saturated carbocycles. The van der Waals surface area contributed by atoms with Crippen LogP contribution in [0.25, 0.3) is 0 Å². The Morgan fingerprint density at radius 2 is 1.64 bits per heavy atom. The van der Waals surface area contributed by atoms with Gasteiger partial charge in [0.05, 0.1) is 19.0 Å². The highest BCUT2D eigenvalue weighted by molar-refractivity contribution is 7.96. The number of nitrogens with one attached hydrogen (secondary N) is 4. The van der Waals surface area contributed by atoms with Gasteiger partial charge in [0.25, 0.3) is 27.8 Å². The van der Waals surface area contributed by atoms with Crippen LogP contribution in [0.2, 0.25) is 0 Å². The monoisotopic (exact) mass is 811 g/mol. The third kappa shape index (κ3) is 18.0. The van der Waals surface area contributed by atoms with E-state index in [1.165, 1.54) is 12.2 Å². The SMILES string of the molecule is CC(C)[C@H](NC(=O)CCN(CCOCCS(=O)(=O)O)C(=O)CN1C(=O)C=CC1=O)C(=O)NC(/C=C/CCNC(N)=O)C(=O)Nc1ccc(COC(=O)S)cc1. The molecule has 8 amide bonds. The highest BCUT2D eigenvalue weighted by Crippen LogP contribution is 2.13. The first kappa shape index (κ1) is 45.8. The molecule has 0 radical (unpaired) electrons. The van der Waals surface area contributed by atoms with E-state index in [1.54, 1.807) is 38.1 Å². The number of hydrogen-bond acceptors (Lipinski definition) is 12. The van der Waals surface area contributed by atoms with Crippen LogP contribution >= 0.6 is 12.6 Å². The fraction of sp³-hybridized carbons (Fsp3) is 0.455. The molecule has 1 aromatic carbocycles. The molecule has 0 aliphatic carbocycles. The molecule has 0 aromatic heterocycles. The number of benzene rings is 1. The van der Waals surface area contributed by atoms with Gasteiger partial charge in [0.15, 0.2) is 0 Å². The lowest BCUT2D eigenvalue weighted by Gasteiger charge is -2.26. The van der Waals surface area contributed by atoms with Crippen LogP contribution in [0.4, 0.5) is 15.3 Å². The van der Waals surface area contributed by atoms with Crippen molar-refractivity contribution in [3.63, 3.8) is 0 Å². The molecule has 0 fully saturated rings. The maximum atomic E-state index is 13.5. The van der Waals surface area contributed by atoms with E-state index in [0.29, 0.717) is 16.2 Å². The fourth-order valence-corrected chi connectivity index (χ4v) is 5.04. The van der Waals surface area contributed by atoms with Crippen molar-refractivity contribution in [1.29, 1.82) is 0 Å². The van der Waals surface area contributed by atoms with Crippen LogP contribution in [0, 0.1) is 5.92 Å². The molecule has 0 spiro atoms. The quantitative estimate of drug-likeness (QED) is 0.0183. The number of primary amides is 1. The minimum atomic E-state index is -4.30. The summed E-state index contributed by atoms with van der Waals surface area (Å²) in [5.74, 6) is -5.39. The summed E-state index contributed by atoms with van der Waals surface area (Å²) < 4.78 is 40.8. The summed E-state index contributed by atoms with van der Waals surface area (Å²) >= 11 is 3.54. The summed E-state index contributed by atoms with van der Waals surface area (Å²) in [6.07, 6.45) is 4.82. The standard InChI is InChI=1S/C33H45N7O13S2/c1-21(2)29(38-25(41)12-14-39(15-16-52-17-18-55(49,50)51)28(44)19-40-26(42)10-11-27(40)43)31(46)37-24(5-3-4-13-35-32(34)47)30(45)36-23-8-6-22(7-9-23)20-53-33(48)54/h3,5-11,21,24,29H,4,12-20H2,1-2H3,(H,36,45)(H,37,46)(H,38,41)(H,48,54)(H3,34,35,47)(H,49,50,51)/b5-3+/t24?,29-/m0/s1. The normalized spacial score (nSPS) is 13.7. The van der Waals surface area contributed by atoms with Crippen LogP contribution in [0.3, 0.4) is 0 Å². The number of carbonyl (C=O) groups excluding carboxylic acids is 8. The summed E-state index contributed by atoms with van der Waals surface area (Å²) in [6.45, 7) is 1.72. The van der Waals surface area contributed by atoms with Crippen LogP contribution in [0.1, 0.15) is 32.3 Å². The van der Waals surface area contributed by atoms with E-state index >= 15 is 0 Å². The number of thiol groups is 1. The van der Waals surface area contributed by atoms with Crippen molar-refractivity contribution >= 4 is 75.2 Å². The lowest BCUT2D eigenvalue weighted by Crippen LogP contribution is -2.54. The molecule has 1 aromatic rings. The molecule has 20 nitrogen and oxygen atoms in total. The van der Waals surface area contributed by atoms with Gasteiger partial charge in [0, 0.05) is 43.9 Å². The smallest absolute Gasteiger partial charge is 0.364 e. The predicted molar refractivity (Wildman–Crippen MR) is 199 cm³/mol. The number of carbonyl (C=O) groups is 8. The van der Waals surface area contributed by atoms with Gasteiger partial charge < -0.3 is 41.4 Å². The van der Waals surface area contributed by atoms with Crippen LogP contribution in [0.5, 0.6) is 0 Å². The van der Waals surface area contributed by atoms with Crippen molar-refractivity contribution in [3.05, 3.63) is 54.1 Å². The minimum absolute atomic E-state index is 0.0413. The number of rotatable bonds is 23. The molecular formula is C33H45N7O13S2. The van der Waals surface area contributed by atoms with Crippen LogP contribution < -0.4 is 27.0 Å². The van der Waals surface area contributed by atoms with Crippen molar-refractivity contribution in [2.24, 2.45) is 11.7 Å². The van der Waals surface area contributed by atoms with Crippen molar-refractivity contribution < 1.29 is 60.8 Å².